The van der Waals surface area contributed by atoms with Gasteiger partial charge in [0.05, 0.1) is 26.5 Å². The Labute approximate surface area is 126 Å². The number of aryl methyl sites for hydroxylation is 1. The van der Waals surface area contributed by atoms with E-state index in [9.17, 15) is 0 Å². The van der Waals surface area contributed by atoms with Crippen molar-refractivity contribution >= 4 is 0 Å². The summed E-state index contributed by atoms with van der Waals surface area (Å²) in [7, 11) is 3.35. The van der Waals surface area contributed by atoms with Crippen LogP contribution in [0.2, 0.25) is 0 Å². The van der Waals surface area contributed by atoms with Crippen LogP contribution in [0.25, 0.3) is 0 Å². The van der Waals surface area contributed by atoms with E-state index in [0.29, 0.717) is 0 Å². The molecule has 0 aliphatic rings. The van der Waals surface area contributed by atoms with Gasteiger partial charge in [-0.05, 0) is 42.3 Å². The number of nitrogens with zero attached hydrogens (tertiary/aromatic N) is 1. The number of benzene rings is 1. The largest absolute Gasteiger partial charge is 0.496 e. The summed E-state index contributed by atoms with van der Waals surface area (Å²) in [5.74, 6) is 1.65. The van der Waals surface area contributed by atoms with Gasteiger partial charge in [0.1, 0.15) is 11.5 Å². The molecule has 1 unspecified atom stereocenters. The van der Waals surface area contributed by atoms with E-state index in [1.807, 2.05) is 19.2 Å². The Kier molecular flexibility index (Phi) is 5.17. The van der Waals surface area contributed by atoms with E-state index < -0.39 is 0 Å². The first-order valence-corrected chi connectivity index (χ1v) is 7.06. The number of ether oxygens (including phenoxy) is 2. The molecule has 1 heterocycles. The van der Waals surface area contributed by atoms with Crippen LogP contribution >= 0.6 is 0 Å². The molecule has 0 fully saturated rings. The average Bonchev–Trinajstić information content (AvgIpc) is 2.53. The van der Waals surface area contributed by atoms with Crippen molar-refractivity contribution in [3.63, 3.8) is 0 Å². The minimum absolute atomic E-state index is 0.0621. The van der Waals surface area contributed by atoms with Crippen LogP contribution in [-0.4, -0.2) is 25.7 Å². The number of hydrogen-bond donors (Lipinski definition) is 1. The number of pyridine rings is 1. The fourth-order valence-corrected chi connectivity index (χ4v) is 2.35. The second kappa shape index (κ2) is 7.09. The maximum atomic E-state index is 5.43. The van der Waals surface area contributed by atoms with Crippen molar-refractivity contribution in [1.82, 2.24) is 10.3 Å². The number of rotatable bonds is 6. The van der Waals surface area contributed by atoms with Crippen LogP contribution in [0.15, 0.2) is 36.7 Å². The Morgan fingerprint density at radius 2 is 1.90 bits per heavy atom. The Morgan fingerprint density at radius 1 is 1.10 bits per heavy atom. The lowest BCUT2D eigenvalue weighted by molar-refractivity contribution is 0.409. The number of nitrogens with one attached hydrogen (secondary N) is 1. The zero-order valence-corrected chi connectivity index (χ0v) is 13.0. The first-order chi connectivity index (χ1) is 10.2. The topological polar surface area (TPSA) is 43.4 Å². The summed E-state index contributed by atoms with van der Waals surface area (Å²) in [4.78, 5) is 4.25. The maximum Gasteiger partial charge on any atom is 0.137 e. The second-order valence-corrected chi connectivity index (χ2v) is 4.88. The fraction of sp³-hybridized carbons (Fsp3) is 0.353. The molecular weight excluding hydrogens is 264 g/mol. The van der Waals surface area contributed by atoms with E-state index in [1.54, 1.807) is 20.4 Å². The van der Waals surface area contributed by atoms with E-state index in [-0.39, 0.29) is 6.04 Å². The van der Waals surface area contributed by atoms with Gasteiger partial charge in [-0.15, -0.1) is 0 Å². The third kappa shape index (κ3) is 3.52. The molecule has 1 atom stereocenters. The van der Waals surface area contributed by atoms with Gasteiger partial charge in [0.15, 0.2) is 0 Å². The Hall–Kier alpha value is -2.07. The van der Waals surface area contributed by atoms with Crippen LogP contribution in [0, 0.1) is 6.92 Å². The monoisotopic (exact) mass is 286 g/mol. The zero-order chi connectivity index (χ0) is 15.2. The molecule has 0 amide bonds. The van der Waals surface area contributed by atoms with Crippen molar-refractivity contribution in [3.05, 3.63) is 53.3 Å². The first-order valence-electron chi connectivity index (χ1n) is 7.06. The SMILES string of the molecule is CCNC(c1cncc(OC)c1)c1ccc(C)c(OC)c1. The molecule has 0 saturated heterocycles. The van der Waals surface area contributed by atoms with Crippen molar-refractivity contribution < 1.29 is 9.47 Å². The molecule has 0 radical (unpaired) electrons. The minimum Gasteiger partial charge on any atom is -0.496 e. The van der Waals surface area contributed by atoms with Gasteiger partial charge < -0.3 is 14.8 Å². The Morgan fingerprint density at radius 3 is 2.57 bits per heavy atom. The van der Waals surface area contributed by atoms with Gasteiger partial charge in [0.2, 0.25) is 0 Å². The molecule has 0 bridgehead atoms. The lowest BCUT2D eigenvalue weighted by atomic mass is 9.98. The maximum absolute atomic E-state index is 5.43. The molecule has 0 aliphatic carbocycles. The minimum atomic E-state index is 0.0621. The normalized spacial score (nSPS) is 12.0. The Balaban J connectivity index is 2.42. The molecule has 0 spiro atoms. The van der Waals surface area contributed by atoms with Crippen LogP contribution in [0.4, 0.5) is 0 Å². The molecule has 1 N–H and O–H groups in total. The summed E-state index contributed by atoms with van der Waals surface area (Å²) in [6.07, 6.45) is 3.57. The molecule has 4 heteroatoms. The molecule has 0 saturated carbocycles. The molecule has 1 aromatic carbocycles. The summed E-state index contributed by atoms with van der Waals surface area (Å²) < 4.78 is 10.7. The van der Waals surface area contributed by atoms with Crippen LogP contribution in [0.3, 0.4) is 0 Å². The highest BCUT2D eigenvalue weighted by Gasteiger charge is 2.15. The van der Waals surface area contributed by atoms with Crippen molar-refractivity contribution in [1.29, 1.82) is 0 Å². The number of methoxy groups -OCH3 is 2. The van der Waals surface area contributed by atoms with Gasteiger partial charge in [-0.1, -0.05) is 19.1 Å². The summed E-state index contributed by atoms with van der Waals surface area (Å²) in [6.45, 7) is 4.99. The van der Waals surface area contributed by atoms with Crippen LogP contribution in [0.1, 0.15) is 29.7 Å². The van der Waals surface area contributed by atoms with Gasteiger partial charge in [-0.3, -0.25) is 4.98 Å². The smallest absolute Gasteiger partial charge is 0.137 e. The van der Waals surface area contributed by atoms with Crippen molar-refractivity contribution in [2.75, 3.05) is 20.8 Å². The lowest BCUT2D eigenvalue weighted by Crippen LogP contribution is -2.22. The second-order valence-electron chi connectivity index (χ2n) is 4.88. The van der Waals surface area contributed by atoms with Crippen LogP contribution in [-0.2, 0) is 0 Å². The highest BCUT2D eigenvalue weighted by Crippen LogP contribution is 2.28. The van der Waals surface area contributed by atoms with E-state index in [4.69, 9.17) is 9.47 Å². The average molecular weight is 286 g/mol. The summed E-state index contributed by atoms with van der Waals surface area (Å²) >= 11 is 0. The van der Waals surface area contributed by atoms with Crippen molar-refractivity contribution in [2.45, 2.75) is 19.9 Å². The highest BCUT2D eigenvalue weighted by molar-refractivity contribution is 5.41. The number of aromatic nitrogens is 1. The van der Waals surface area contributed by atoms with Gasteiger partial charge in [0, 0.05) is 6.20 Å². The van der Waals surface area contributed by atoms with Gasteiger partial charge >= 0.3 is 0 Å². The summed E-state index contributed by atoms with van der Waals surface area (Å²) in [5, 5.41) is 3.49. The van der Waals surface area contributed by atoms with Crippen LogP contribution in [0.5, 0.6) is 11.5 Å². The molecular formula is C17H22N2O2. The fourth-order valence-electron chi connectivity index (χ4n) is 2.35. The molecule has 2 rings (SSSR count). The quantitative estimate of drug-likeness (QED) is 0.886. The van der Waals surface area contributed by atoms with Gasteiger partial charge in [-0.25, -0.2) is 0 Å². The van der Waals surface area contributed by atoms with Crippen molar-refractivity contribution in [3.8, 4) is 11.5 Å². The molecule has 1 aromatic heterocycles. The van der Waals surface area contributed by atoms with E-state index in [2.05, 4.69) is 35.4 Å². The molecule has 4 nitrogen and oxygen atoms in total. The third-order valence-corrected chi connectivity index (χ3v) is 3.48. The predicted octanol–water partition coefficient (Wildman–Crippen LogP) is 3.11. The predicted molar refractivity (Wildman–Crippen MR) is 84.0 cm³/mol. The first kappa shape index (κ1) is 15.3. The zero-order valence-electron chi connectivity index (χ0n) is 13.0. The van der Waals surface area contributed by atoms with E-state index in [0.717, 1.165) is 34.7 Å². The van der Waals surface area contributed by atoms with E-state index in [1.165, 1.54) is 0 Å². The lowest BCUT2D eigenvalue weighted by Gasteiger charge is -2.20. The molecule has 112 valence electrons. The summed E-state index contributed by atoms with van der Waals surface area (Å²) in [5.41, 5.74) is 3.34. The third-order valence-electron chi connectivity index (χ3n) is 3.48. The van der Waals surface area contributed by atoms with Gasteiger partial charge in [0.25, 0.3) is 0 Å². The standard InChI is InChI=1S/C17H22N2O2/c1-5-19-17(14-8-15(20-3)11-18-10-14)13-7-6-12(2)16(9-13)21-4/h6-11,17,19H,5H2,1-4H3. The van der Waals surface area contributed by atoms with E-state index >= 15 is 0 Å². The molecule has 21 heavy (non-hydrogen) atoms. The Bertz CT molecular complexity index is 599. The highest BCUT2D eigenvalue weighted by atomic mass is 16.5. The molecule has 2 aromatic rings. The van der Waals surface area contributed by atoms with Crippen molar-refractivity contribution in [2.24, 2.45) is 0 Å². The van der Waals surface area contributed by atoms with Gasteiger partial charge in [-0.2, -0.15) is 0 Å². The molecule has 0 aliphatic heterocycles. The van der Waals surface area contributed by atoms with Crippen LogP contribution < -0.4 is 14.8 Å². The number of hydrogen-bond acceptors (Lipinski definition) is 4. The summed E-state index contributed by atoms with van der Waals surface area (Å²) in [6, 6.07) is 8.33.